The summed E-state index contributed by atoms with van der Waals surface area (Å²) in [6.07, 6.45) is 0. The summed E-state index contributed by atoms with van der Waals surface area (Å²) >= 11 is 0. The predicted octanol–water partition coefficient (Wildman–Crippen LogP) is 1.61. The van der Waals surface area contributed by atoms with Crippen LogP contribution in [0, 0.1) is 6.92 Å². The van der Waals surface area contributed by atoms with Crippen molar-refractivity contribution >= 4 is 10.0 Å². The maximum atomic E-state index is 12.5. The van der Waals surface area contributed by atoms with Crippen LogP contribution >= 0.6 is 0 Å². The maximum Gasteiger partial charge on any atom is 0.243 e. The molecule has 0 heterocycles. The molecule has 5 heteroatoms. The fourth-order valence-corrected chi connectivity index (χ4v) is 3.53. The molecule has 0 unspecified atom stereocenters. The fraction of sp³-hybridized carbons (Fsp3) is 0.538. The molecule has 0 saturated heterocycles. The number of rotatable bonds is 6. The van der Waals surface area contributed by atoms with E-state index in [1.54, 1.807) is 18.2 Å². The van der Waals surface area contributed by atoms with Crippen molar-refractivity contribution in [1.82, 2.24) is 9.62 Å². The van der Waals surface area contributed by atoms with E-state index in [4.69, 9.17) is 0 Å². The second-order valence-electron chi connectivity index (χ2n) is 4.63. The van der Waals surface area contributed by atoms with E-state index in [9.17, 15) is 8.42 Å². The third kappa shape index (κ3) is 3.54. The minimum Gasteiger partial charge on any atom is -0.318 e. The SMILES string of the molecule is CNCCN(C(C)C)S(=O)(=O)c1cccc(C)c1. The Labute approximate surface area is 110 Å². The van der Waals surface area contributed by atoms with Gasteiger partial charge in [0.1, 0.15) is 0 Å². The Bertz CT molecular complexity index is 484. The molecule has 0 aliphatic heterocycles. The van der Waals surface area contributed by atoms with E-state index in [2.05, 4.69) is 5.32 Å². The molecular formula is C13H22N2O2S. The van der Waals surface area contributed by atoms with Crippen LogP contribution in [0.1, 0.15) is 19.4 Å². The molecule has 0 spiro atoms. The summed E-state index contributed by atoms with van der Waals surface area (Å²) in [6, 6.07) is 6.98. The van der Waals surface area contributed by atoms with Gasteiger partial charge in [0, 0.05) is 19.1 Å². The maximum absolute atomic E-state index is 12.5. The highest BCUT2D eigenvalue weighted by Gasteiger charge is 2.26. The van der Waals surface area contributed by atoms with Crippen molar-refractivity contribution in [1.29, 1.82) is 0 Å². The highest BCUT2D eigenvalue weighted by Crippen LogP contribution is 2.18. The molecule has 0 aliphatic rings. The first kappa shape index (κ1) is 15.1. The first-order valence-electron chi connectivity index (χ1n) is 6.12. The zero-order valence-electron chi connectivity index (χ0n) is 11.5. The minimum atomic E-state index is -3.40. The summed E-state index contributed by atoms with van der Waals surface area (Å²) in [7, 11) is -1.58. The first-order valence-corrected chi connectivity index (χ1v) is 7.56. The Morgan fingerprint density at radius 2 is 2.00 bits per heavy atom. The number of nitrogens with one attached hydrogen (secondary N) is 1. The number of benzene rings is 1. The number of hydrogen-bond donors (Lipinski definition) is 1. The van der Waals surface area contributed by atoms with Crippen molar-refractivity contribution in [3.63, 3.8) is 0 Å². The molecule has 0 fully saturated rings. The van der Waals surface area contributed by atoms with Crippen LogP contribution < -0.4 is 5.32 Å². The molecule has 0 saturated carbocycles. The van der Waals surface area contributed by atoms with Crippen molar-refractivity contribution in [2.24, 2.45) is 0 Å². The van der Waals surface area contributed by atoms with Gasteiger partial charge in [0.05, 0.1) is 4.90 Å². The van der Waals surface area contributed by atoms with Crippen molar-refractivity contribution in [2.75, 3.05) is 20.1 Å². The lowest BCUT2D eigenvalue weighted by atomic mass is 10.2. The largest absolute Gasteiger partial charge is 0.318 e. The number of aryl methyl sites for hydroxylation is 1. The van der Waals surface area contributed by atoms with E-state index in [-0.39, 0.29) is 6.04 Å². The Morgan fingerprint density at radius 1 is 1.33 bits per heavy atom. The van der Waals surface area contributed by atoms with Gasteiger partial charge < -0.3 is 5.32 Å². The van der Waals surface area contributed by atoms with E-state index >= 15 is 0 Å². The Balaban J connectivity index is 3.09. The lowest BCUT2D eigenvalue weighted by molar-refractivity contribution is 0.354. The van der Waals surface area contributed by atoms with Gasteiger partial charge in [-0.15, -0.1) is 0 Å². The molecule has 18 heavy (non-hydrogen) atoms. The highest BCUT2D eigenvalue weighted by molar-refractivity contribution is 7.89. The molecule has 0 aliphatic carbocycles. The average Bonchev–Trinajstić information content (AvgIpc) is 2.28. The molecule has 4 nitrogen and oxygen atoms in total. The number of nitrogens with zero attached hydrogens (tertiary/aromatic N) is 1. The van der Waals surface area contributed by atoms with Gasteiger partial charge in [-0.1, -0.05) is 12.1 Å². The Hall–Kier alpha value is -0.910. The molecule has 0 aromatic heterocycles. The molecule has 102 valence electrons. The molecule has 0 radical (unpaired) electrons. The highest BCUT2D eigenvalue weighted by atomic mass is 32.2. The lowest BCUT2D eigenvalue weighted by Crippen LogP contribution is -2.40. The Morgan fingerprint density at radius 3 is 2.50 bits per heavy atom. The molecule has 0 bridgehead atoms. The second-order valence-corrected chi connectivity index (χ2v) is 6.52. The van der Waals surface area contributed by atoms with E-state index in [0.717, 1.165) is 5.56 Å². The van der Waals surface area contributed by atoms with Gasteiger partial charge in [-0.2, -0.15) is 4.31 Å². The summed E-state index contributed by atoms with van der Waals surface area (Å²) in [5.74, 6) is 0. The number of hydrogen-bond acceptors (Lipinski definition) is 3. The second kappa shape index (κ2) is 6.31. The van der Waals surface area contributed by atoms with Gasteiger partial charge in [0.2, 0.25) is 10.0 Å². The summed E-state index contributed by atoms with van der Waals surface area (Å²) in [5.41, 5.74) is 0.952. The van der Waals surface area contributed by atoms with Gasteiger partial charge in [-0.05, 0) is 45.5 Å². The van der Waals surface area contributed by atoms with E-state index in [0.29, 0.717) is 18.0 Å². The van der Waals surface area contributed by atoms with Crippen LogP contribution in [0.3, 0.4) is 0 Å². The zero-order valence-corrected chi connectivity index (χ0v) is 12.3. The van der Waals surface area contributed by atoms with Crippen LogP contribution in [0.5, 0.6) is 0 Å². The molecule has 1 rings (SSSR count). The molecular weight excluding hydrogens is 248 g/mol. The fourth-order valence-electron chi connectivity index (χ4n) is 1.79. The normalized spacial score (nSPS) is 12.3. The third-order valence-corrected chi connectivity index (χ3v) is 4.83. The lowest BCUT2D eigenvalue weighted by Gasteiger charge is -2.26. The number of likely N-dealkylation sites (N-methyl/N-ethyl adjacent to an activating group) is 1. The standard InChI is InChI=1S/C13H22N2O2S/c1-11(2)15(9-8-14-4)18(16,17)13-7-5-6-12(3)10-13/h5-7,10-11,14H,8-9H2,1-4H3. The molecule has 1 aromatic rings. The zero-order chi connectivity index (χ0) is 13.8. The summed E-state index contributed by atoms with van der Waals surface area (Å²) in [5, 5.41) is 2.98. The van der Waals surface area contributed by atoms with Crippen molar-refractivity contribution in [3.05, 3.63) is 29.8 Å². The van der Waals surface area contributed by atoms with Crippen molar-refractivity contribution < 1.29 is 8.42 Å². The van der Waals surface area contributed by atoms with E-state index < -0.39 is 10.0 Å². The summed E-state index contributed by atoms with van der Waals surface area (Å²) in [4.78, 5) is 0.368. The molecule has 0 atom stereocenters. The van der Waals surface area contributed by atoms with Gasteiger partial charge in [-0.3, -0.25) is 0 Å². The van der Waals surface area contributed by atoms with Crippen LogP contribution in [-0.4, -0.2) is 38.9 Å². The monoisotopic (exact) mass is 270 g/mol. The van der Waals surface area contributed by atoms with Crippen molar-refractivity contribution in [3.8, 4) is 0 Å². The Kier molecular flexibility index (Phi) is 5.31. The topological polar surface area (TPSA) is 49.4 Å². The third-order valence-electron chi connectivity index (χ3n) is 2.75. The number of sulfonamides is 1. The van der Waals surface area contributed by atoms with E-state index in [1.165, 1.54) is 4.31 Å². The molecule has 1 N–H and O–H groups in total. The summed E-state index contributed by atoms with van der Waals surface area (Å²) < 4.78 is 26.6. The van der Waals surface area contributed by atoms with Crippen LogP contribution in [0.15, 0.2) is 29.2 Å². The van der Waals surface area contributed by atoms with Crippen LogP contribution in [0.2, 0.25) is 0 Å². The van der Waals surface area contributed by atoms with Crippen LogP contribution in [-0.2, 0) is 10.0 Å². The first-order chi connectivity index (χ1) is 8.39. The summed E-state index contributed by atoms with van der Waals surface area (Å²) in [6.45, 7) is 6.80. The average molecular weight is 270 g/mol. The molecule has 0 amide bonds. The van der Waals surface area contributed by atoms with E-state index in [1.807, 2.05) is 33.9 Å². The predicted molar refractivity (Wildman–Crippen MR) is 74.1 cm³/mol. The van der Waals surface area contributed by atoms with Gasteiger partial charge in [0.15, 0.2) is 0 Å². The van der Waals surface area contributed by atoms with Gasteiger partial charge in [-0.25, -0.2) is 8.42 Å². The van der Waals surface area contributed by atoms with Crippen molar-refractivity contribution in [2.45, 2.75) is 31.7 Å². The minimum absolute atomic E-state index is 0.0520. The van der Waals surface area contributed by atoms with Gasteiger partial charge >= 0.3 is 0 Å². The van der Waals surface area contributed by atoms with Crippen LogP contribution in [0.25, 0.3) is 0 Å². The van der Waals surface area contributed by atoms with Gasteiger partial charge in [0.25, 0.3) is 0 Å². The smallest absolute Gasteiger partial charge is 0.243 e. The molecule has 1 aromatic carbocycles. The quantitative estimate of drug-likeness (QED) is 0.854. The van der Waals surface area contributed by atoms with Crippen LogP contribution in [0.4, 0.5) is 0 Å².